The van der Waals surface area contributed by atoms with Crippen LogP contribution in [0.15, 0.2) is 30.5 Å². The summed E-state index contributed by atoms with van der Waals surface area (Å²) >= 11 is 5.03. The first-order valence-corrected chi connectivity index (χ1v) is 7.72. The van der Waals surface area contributed by atoms with Crippen LogP contribution in [0.2, 0.25) is 0 Å². The third-order valence-electron chi connectivity index (χ3n) is 4.07. The molecule has 1 aliphatic heterocycles. The summed E-state index contributed by atoms with van der Waals surface area (Å²) in [7, 11) is 0. The number of thiocarbonyl (C=S) groups is 1. The zero-order valence-corrected chi connectivity index (χ0v) is 12.7. The Bertz CT molecular complexity index is 686. The summed E-state index contributed by atoms with van der Waals surface area (Å²) in [5.74, 6) is 0.188. The number of piperidine rings is 1. The predicted octanol–water partition coefficient (Wildman–Crippen LogP) is 2.29. The number of hydrogen-bond acceptors (Lipinski definition) is 2. The van der Waals surface area contributed by atoms with Crippen LogP contribution in [-0.4, -0.2) is 33.5 Å². The van der Waals surface area contributed by atoms with Gasteiger partial charge in [0.05, 0.1) is 0 Å². The van der Waals surface area contributed by atoms with E-state index >= 15 is 0 Å². The number of fused-ring (bicyclic) bond motifs is 1. The molecule has 1 amide bonds. The standard InChI is InChI=1S/C16H19N3OS/c17-16(21)13-5-4-12-6-9-19(14(12)10-13)11-15(20)18-7-2-1-3-8-18/h4-6,9-10H,1-3,7-8,11H2,(H2,17,21). The molecule has 1 aliphatic rings. The SMILES string of the molecule is NC(=S)c1ccc2ccn(CC(=O)N3CCCCC3)c2c1. The molecule has 0 spiro atoms. The van der Waals surface area contributed by atoms with Gasteiger partial charge in [-0.1, -0.05) is 24.4 Å². The molecular weight excluding hydrogens is 282 g/mol. The largest absolute Gasteiger partial charge is 0.389 e. The summed E-state index contributed by atoms with van der Waals surface area (Å²) in [5.41, 5.74) is 7.53. The number of aromatic nitrogens is 1. The van der Waals surface area contributed by atoms with Crippen LogP contribution in [0.4, 0.5) is 0 Å². The van der Waals surface area contributed by atoms with Gasteiger partial charge in [0.1, 0.15) is 11.5 Å². The topological polar surface area (TPSA) is 51.3 Å². The average Bonchev–Trinajstić information content (AvgIpc) is 2.90. The summed E-state index contributed by atoms with van der Waals surface area (Å²) in [5, 5.41) is 1.10. The highest BCUT2D eigenvalue weighted by atomic mass is 32.1. The molecule has 2 aromatic rings. The van der Waals surface area contributed by atoms with E-state index in [4.69, 9.17) is 18.0 Å². The van der Waals surface area contributed by atoms with Crippen molar-refractivity contribution in [2.45, 2.75) is 25.8 Å². The van der Waals surface area contributed by atoms with Gasteiger partial charge >= 0.3 is 0 Å². The normalized spacial score (nSPS) is 15.3. The fraction of sp³-hybridized carbons (Fsp3) is 0.375. The average molecular weight is 301 g/mol. The van der Waals surface area contributed by atoms with Gasteiger partial charge in [-0.05, 0) is 36.8 Å². The third kappa shape index (κ3) is 2.93. The monoisotopic (exact) mass is 301 g/mol. The van der Waals surface area contributed by atoms with Crippen LogP contribution >= 0.6 is 12.2 Å². The second kappa shape index (κ2) is 5.85. The lowest BCUT2D eigenvalue weighted by Gasteiger charge is -2.27. The predicted molar refractivity (Wildman–Crippen MR) is 88.3 cm³/mol. The number of carbonyl (C=O) groups excluding carboxylic acids is 1. The van der Waals surface area contributed by atoms with Crippen molar-refractivity contribution in [3.05, 3.63) is 36.0 Å². The molecule has 1 saturated heterocycles. The number of nitrogens with zero attached hydrogens (tertiary/aromatic N) is 2. The van der Waals surface area contributed by atoms with Crippen molar-refractivity contribution in [1.82, 2.24) is 9.47 Å². The molecule has 1 aromatic heterocycles. The van der Waals surface area contributed by atoms with Crippen molar-refractivity contribution in [1.29, 1.82) is 0 Å². The first-order valence-electron chi connectivity index (χ1n) is 7.31. The molecule has 21 heavy (non-hydrogen) atoms. The molecule has 1 aromatic carbocycles. The first kappa shape index (κ1) is 14.1. The Morgan fingerprint density at radius 2 is 1.95 bits per heavy atom. The van der Waals surface area contributed by atoms with E-state index in [-0.39, 0.29) is 5.91 Å². The Morgan fingerprint density at radius 1 is 1.19 bits per heavy atom. The van der Waals surface area contributed by atoms with Gasteiger partial charge in [-0.25, -0.2) is 0 Å². The number of nitrogens with two attached hydrogens (primary N) is 1. The highest BCUT2D eigenvalue weighted by Gasteiger charge is 2.17. The number of benzene rings is 1. The van der Waals surface area contributed by atoms with E-state index in [1.807, 2.05) is 39.9 Å². The molecule has 0 saturated carbocycles. The van der Waals surface area contributed by atoms with E-state index in [9.17, 15) is 4.79 Å². The molecule has 110 valence electrons. The number of hydrogen-bond donors (Lipinski definition) is 1. The van der Waals surface area contributed by atoms with Crippen LogP contribution in [-0.2, 0) is 11.3 Å². The van der Waals surface area contributed by atoms with Crippen LogP contribution in [0, 0.1) is 0 Å². The van der Waals surface area contributed by atoms with Crippen LogP contribution in [0.5, 0.6) is 0 Å². The van der Waals surface area contributed by atoms with Gasteiger partial charge in [-0.2, -0.15) is 0 Å². The van der Waals surface area contributed by atoms with Crippen LogP contribution in [0.3, 0.4) is 0 Å². The van der Waals surface area contributed by atoms with E-state index < -0.39 is 0 Å². The van der Waals surface area contributed by atoms with E-state index in [0.29, 0.717) is 11.5 Å². The van der Waals surface area contributed by atoms with Crippen molar-refractivity contribution >= 4 is 34.0 Å². The van der Waals surface area contributed by atoms with Gasteiger partial charge < -0.3 is 15.2 Å². The Hall–Kier alpha value is -1.88. The molecular formula is C16H19N3OS. The van der Waals surface area contributed by atoms with Crippen molar-refractivity contribution in [3.63, 3.8) is 0 Å². The van der Waals surface area contributed by atoms with Gasteiger partial charge in [-0.3, -0.25) is 4.79 Å². The fourth-order valence-electron chi connectivity index (χ4n) is 2.86. The maximum Gasteiger partial charge on any atom is 0.242 e. The van der Waals surface area contributed by atoms with Crippen molar-refractivity contribution in [2.24, 2.45) is 5.73 Å². The Morgan fingerprint density at radius 3 is 2.67 bits per heavy atom. The highest BCUT2D eigenvalue weighted by Crippen LogP contribution is 2.18. The molecule has 2 N–H and O–H groups in total. The van der Waals surface area contributed by atoms with Gasteiger partial charge in [0, 0.05) is 30.4 Å². The molecule has 4 nitrogen and oxygen atoms in total. The second-order valence-electron chi connectivity index (χ2n) is 5.52. The van der Waals surface area contributed by atoms with E-state index in [1.165, 1.54) is 6.42 Å². The summed E-state index contributed by atoms with van der Waals surface area (Å²) in [6.45, 7) is 2.15. The number of amides is 1. The van der Waals surface area contributed by atoms with Gasteiger partial charge in [-0.15, -0.1) is 0 Å². The number of carbonyl (C=O) groups is 1. The van der Waals surface area contributed by atoms with E-state index in [1.54, 1.807) is 0 Å². The summed E-state index contributed by atoms with van der Waals surface area (Å²) in [4.78, 5) is 14.7. The van der Waals surface area contributed by atoms with Crippen molar-refractivity contribution in [3.8, 4) is 0 Å². The maximum atomic E-state index is 12.4. The van der Waals surface area contributed by atoms with Gasteiger partial charge in [0.25, 0.3) is 0 Å². The molecule has 0 aliphatic carbocycles. The Balaban J connectivity index is 1.84. The quantitative estimate of drug-likeness (QED) is 0.885. The van der Waals surface area contributed by atoms with Crippen LogP contribution < -0.4 is 5.73 Å². The van der Waals surface area contributed by atoms with Crippen LogP contribution in [0.25, 0.3) is 10.9 Å². The van der Waals surface area contributed by atoms with E-state index in [0.717, 1.165) is 42.4 Å². The summed E-state index contributed by atoms with van der Waals surface area (Å²) < 4.78 is 1.98. The number of likely N-dealkylation sites (tertiary alicyclic amines) is 1. The molecule has 3 rings (SSSR count). The number of rotatable bonds is 3. The summed E-state index contributed by atoms with van der Waals surface area (Å²) in [6, 6.07) is 7.89. The van der Waals surface area contributed by atoms with Gasteiger partial charge in [0.15, 0.2) is 0 Å². The zero-order chi connectivity index (χ0) is 14.8. The summed E-state index contributed by atoms with van der Waals surface area (Å²) in [6.07, 6.45) is 5.41. The smallest absolute Gasteiger partial charge is 0.242 e. The first-order chi connectivity index (χ1) is 10.1. The molecule has 0 bridgehead atoms. The lowest BCUT2D eigenvalue weighted by atomic mass is 10.1. The fourth-order valence-corrected chi connectivity index (χ4v) is 2.99. The Labute approximate surface area is 129 Å². The Kier molecular flexibility index (Phi) is 3.92. The van der Waals surface area contributed by atoms with Crippen LogP contribution in [0.1, 0.15) is 24.8 Å². The maximum absolute atomic E-state index is 12.4. The molecule has 0 unspecified atom stereocenters. The van der Waals surface area contributed by atoms with E-state index in [2.05, 4.69) is 0 Å². The van der Waals surface area contributed by atoms with Crippen molar-refractivity contribution < 1.29 is 4.79 Å². The molecule has 0 radical (unpaired) electrons. The molecule has 0 atom stereocenters. The second-order valence-corrected chi connectivity index (χ2v) is 5.96. The lowest BCUT2D eigenvalue weighted by Crippen LogP contribution is -2.37. The lowest BCUT2D eigenvalue weighted by molar-refractivity contribution is -0.132. The highest BCUT2D eigenvalue weighted by molar-refractivity contribution is 7.80. The third-order valence-corrected chi connectivity index (χ3v) is 4.31. The minimum absolute atomic E-state index is 0.188. The molecule has 2 heterocycles. The zero-order valence-electron chi connectivity index (χ0n) is 11.9. The minimum atomic E-state index is 0.188. The molecule has 1 fully saturated rings. The molecule has 5 heteroatoms. The minimum Gasteiger partial charge on any atom is -0.389 e. The van der Waals surface area contributed by atoms with Gasteiger partial charge in [0.2, 0.25) is 5.91 Å². The van der Waals surface area contributed by atoms with Crippen molar-refractivity contribution in [2.75, 3.05) is 13.1 Å².